The predicted octanol–water partition coefficient (Wildman–Crippen LogP) is 2.79. The average molecular weight is 317 g/mol. The van der Waals surface area contributed by atoms with E-state index in [2.05, 4.69) is 5.32 Å². The fourth-order valence-electron chi connectivity index (χ4n) is 1.96. The molecule has 0 spiro atoms. The van der Waals surface area contributed by atoms with Crippen molar-refractivity contribution in [2.75, 3.05) is 13.7 Å². The van der Waals surface area contributed by atoms with Crippen LogP contribution in [0.4, 0.5) is 0 Å². The highest BCUT2D eigenvalue weighted by Gasteiger charge is 2.23. The highest BCUT2D eigenvalue weighted by atomic mass is 32.1. The van der Waals surface area contributed by atoms with Gasteiger partial charge in [-0.1, -0.05) is 18.2 Å². The van der Waals surface area contributed by atoms with Crippen molar-refractivity contribution in [3.63, 3.8) is 0 Å². The van der Waals surface area contributed by atoms with Crippen LogP contribution >= 0.6 is 11.3 Å². The van der Waals surface area contributed by atoms with E-state index in [1.54, 1.807) is 20.1 Å². The zero-order chi connectivity index (χ0) is 16.0. The largest absolute Gasteiger partial charge is 0.496 e. The van der Waals surface area contributed by atoms with E-state index in [1.165, 1.54) is 17.4 Å². The Labute approximate surface area is 134 Å². The van der Waals surface area contributed by atoms with Gasteiger partial charge in [-0.15, -0.1) is 0 Å². The van der Waals surface area contributed by atoms with Crippen molar-refractivity contribution in [3.05, 3.63) is 58.3 Å². The van der Waals surface area contributed by atoms with Crippen LogP contribution in [-0.4, -0.2) is 24.7 Å². The Hall–Kier alpha value is -2.11. The van der Waals surface area contributed by atoms with Crippen LogP contribution in [0.1, 0.15) is 18.1 Å². The summed E-state index contributed by atoms with van der Waals surface area (Å²) in [4.78, 5) is 11.9. The molecule has 0 aliphatic carbocycles. The Morgan fingerprint density at radius 2 is 2.18 bits per heavy atom. The summed E-state index contributed by atoms with van der Waals surface area (Å²) in [5.41, 5.74) is 0.546. The molecule has 1 aromatic carbocycles. The topological polar surface area (TPSA) is 58.6 Å². The summed E-state index contributed by atoms with van der Waals surface area (Å²) in [5, 5.41) is 16.8. The smallest absolute Gasteiger partial charge is 0.244 e. The number of thiophene rings is 1. The monoisotopic (exact) mass is 317 g/mol. The number of carbonyl (C=O) groups is 1. The van der Waals surface area contributed by atoms with Gasteiger partial charge in [0.05, 0.1) is 13.7 Å². The van der Waals surface area contributed by atoms with Crippen molar-refractivity contribution in [2.45, 2.75) is 12.5 Å². The van der Waals surface area contributed by atoms with Crippen LogP contribution in [0.15, 0.2) is 47.2 Å². The fourth-order valence-corrected chi connectivity index (χ4v) is 2.74. The molecule has 0 bridgehead atoms. The highest BCUT2D eigenvalue weighted by molar-refractivity contribution is 7.08. The summed E-state index contributed by atoms with van der Waals surface area (Å²) in [6, 6.07) is 9.29. The number of nitrogens with one attached hydrogen (secondary N) is 1. The number of hydrogen-bond acceptors (Lipinski definition) is 4. The van der Waals surface area contributed by atoms with Gasteiger partial charge < -0.3 is 15.2 Å². The van der Waals surface area contributed by atoms with E-state index >= 15 is 0 Å². The number of hydrogen-bond donors (Lipinski definition) is 2. The van der Waals surface area contributed by atoms with E-state index in [0.717, 1.165) is 11.1 Å². The van der Waals surface area contributed by atoms with E-state index in [0.29, 0.717) is 5.75 Å². The zero-order valence-electron chi connectivity index (χ0n) is 12.6. The van der Waals surface area contributed by atoms with Gasteiger partial charge in [-0.3, -0.25) is 4.79 Å². The van der Waals surface area contributed by atoms with Gasteiger partial charge in [0.1, 0.15) is 11.4 Å². The molecule has 2 N–H and O–H groups in total. The number of aliphatic hydroxyl groups is 1. The third-order valence-corrected chi connectivity index (χ3v) is 3.99. The van der Waals surface area contributed by atoms with E-state index in [9.17, 15) is 9.90 Å². The predicted molar refractivity (Wildman–Crippen MR) is 88.9 cm³/mol. The first kappa shape index (κ1) is 16.3. The van der Waals surface area contributed by atoms with Crippen LogP contribution in [-0.2, 0) is 10.4 Å². The van der Waals surface area contributed by atoms with E-state index in [4.69, 9.17) is 4.74 Å². The van der Waals surface area contributed by atoms with Crippen molar-refractivity contribution in [2.24, 2.45) is 0 Å². The normalized spacial score (nSPS) is 13.8. The number of rotatable bonds is 6. The summed E-state index contributed by atoms with van der Waals surface area (Å²) < 4.78 is 5.22. The van der Waals surface area contributed by atoms with Crippen molar-refractivity contribution >= 4 is 23.3 Å². The molecule has 1 amide bonds. The summed E-state index contributed by atoms with van der Waals surface area (Å²) in [5.74, 6) is 0.443. The molecule has 2 rings (SSSR count). The molecule has 1 aromatic heterocycles. The highest BCUT2D eigenvalue weighted by Crippen LogP contribution is 2.22. The van der Waals surface area contributed by atoms with Crippen molar-refractivity contribution in [1.29, 1.82) is 0 Å². The molecule has 0 radical (unpaired) electrons. The molecule has 1 atom stereocenters. The Morgan fingerprint density at radius 3 is 2.86 bits per heavy atom. The number of amides is 1. The summed E-state index contributed by atoms with van der Waals surface area (Å²) in [6.45, 7) is 1.83. The number of benzene rings is 1. The molecule has 0 saturated carbocycles. The fraction of sp³-hybridized carbons (Fsp3) is 0.235. The van der Waals surface area contributed by atoms with E-state index < -0.39 is 5.60 Å². The first-order chi connectivity index (χ1) is 10.5. The van der Waals surface area contributed by atoms with Crippen LogP contribution in [0.5, 0.6) is 5.75 Å². The molecule has 0 saturated heterocycles. The zero-order valence-corrected chi connectivity index (χ0v) is 13.4. The molecule has 22 heavy (non-hydrogen) atoms. The third kappa shape index (κ3) is 4.19. The quantitative estimate of drug-likeness (QED) is 0.806. The maximum Gasteiger partial charge on any atom is 0.244 e. The lowest BCUT2D eigenvalue weighted by Gasteiger charge is -2.22. The number of para-hydroxylation sites is 1. The van der Waals surface area contributed by atoms with Gasteiger partial charge in [0.15, 0.2) is 0 Å². The van der Waals surface area contributed by atoms with Gasteiger partial charge in [0, 0.05) is 11.6 Å². The van der Waals surface area contributed by atoms with Crippen LogP contribution < -0.4 is 10.1 Å². The van der Waals surface area contributed by atoms with Crippen LogP contribution in [0, 0.1) is 0 Å². The lowest BCUT2D eigenvalue weighted by Crippen LogP contribution is -2.37. The molecule has 0 fully saturated rings. The van der Waals surface area contributed by atoms with Gasteiger partial charge in [-0.2, -0.15) is 11.3 Å². The van der Waals surface area contributed by atoms with Crippen LogP contribution in [0.2, 0.25) is 0 Å². The molecule has 4 nitrogen and oxygen atoms in total. The van der Waals surface area contributed by atoms with Crippen LogP contribution in [0.25, 0.3) is 6.08 Å². The molecule has 5 heteroatoms. The molecule has 2 aromatic rings. The standard InChI is InChI=1S/C17H19NO3S/c1-17(20,14-9-10-22-11-14)12-18-16(19)8-7-13-5-3-4-6-15(13)21-2/h3-11,20H,12H2,1-2H3,(H,18,19). The third-order valence-electron chi connectivity index (χ3n) is 3.30. The van der Waals surface area contributed by atoms with Gasteiger partial charge in [-0.05, 0) is 41.5 Å². The Balaban J connectivity index is 1.94. The first-order valence-corrected chi connectivity index (χ1v) is 7.81. The second-order valence-corrected chi connectivity index (χ2v) is 5.86. The van der Waals surface area contributed by atoms with Crippen LogP contribution in [0.3, 0.4) is 0 Å². The number of methoxy groups -OCH3 is 1. The Morgan fingerprint density at radius 1 is 1.41 bits per heavy atom. The molecule has 116 valence electrons. The number of ether oxygens (including phenoxy) is 1. The average Bonchev–Trinajstić information content (AvgIpc) is 3.06. The maximum absolute atomic E-state index is 11.9. The van der Waals surface area contributed by atoms with Gasteiger partial charge >= 0.3 is 0 Å². The minimum Gasteiger partial charge on any atom is -0.496 e. The molecular formula is C17H19NO3S. The van der Waals surface area contributed by atoms with Gasteiger partial charge in [0.25, 0.3) is 0 Å². The molecule has 0 aliphatic heterocycles. The Kier molecular flexibility index (Phi) is 5.35. The molecule has 0 aliphatic rings. The molecule has 1 unspecified atom stereocenters. The van der Waals surface area contributed by atoms with Crippen molar-refractivity contribution in [1.82, 2.24) is 5.32 Å². The maximum atomic E-state index is 11.9. The lowest BCUT2D eigenvalue weighted by molar-refractivity contribution is -0.117. The van der Waals surface area contributed by atoms with Gasteiger partial charge in [0.2, 0.25) is 5.91 Å². The minimum absolute atomic E-state index is 0.152. The number of carbonyl (C=O) groups excluding carboxylic acids is 1. The summed E-state index contributed by atoms with van der Waals surface area (Å²) in [6.07, 6.45) is 3.12. The van der Waals surface area contributed by atoms with E-state index in [-0.39, 0.29) is 12.5 Å². The Bertz CT molecular complexity index is 648. The summed E-state index contributed by atoms with van der Waals surface area (Å²) >= 11 is 1.51. The minimum atomic E-state index is -1.08. The van der Waals surface area contributed by atoms with E-state index in [1.807, 2.05) is 41.1 Å². The SMILES string of the molecule is COc1ccccc1C=CC(=O)NCC(C)(O)c1ccsc1. The van der Waals surface area contributed by atoms with Crippen molar-refractivity contribution in [3.8, 4) is 5.75 Å². The molecular weight excluding hydrogens is 298 g/mol. The first-order valence-electron chi connectivity index (χ1n) is 6.87. The second kappa shape index (κ2) is 7.24. The van der Waals surface area contributed by atoms with Crippen molar-refractivity contribution < 1.29 is 14.6 Å². The molecule has 1 heterocycles. The summed E-state index contributed by atoms with van der Waals surface area (Å²) in [7, 11) is 1.59. The second-order valence-electron chi connectivity index (χ2n) is 5.08. The lowest BCUT2D eigenvalue weighted by atomic mass is 9.99. The van der Waals surface area contributed by atoms with Gasteiger partial charge in [-0.25, -0.2) is 0 Å².